The van der Waals surface area contributed by atoms with E-state index < -0.39 is 0 Å². The van der Waals surface area contributed by atoms with Crippen LogP contribution in [0.3, 0.4) is 0 Å². The van der Waals surface area contributed by atoms with Crippen LogP contribution in [0.4, 0.5) is 0 Å². The number of thioether (sulfide) groups is 1. The number of hydrogen-bond donors (Lipinski definition) is 1. The molecule has 2 nitrogen and oxygen atoms in total. The Labute approximate surface area is 173 Å². The molecule has 0 aliphatic rings. The van der Waals surface area contributed by atoms with Gasteiger partial charge in [0, 0.05) is 15.8 Å². The Morgan fingerprint density at radius 1 is 0.815 bits per heavy atom. The average molecular weight is 416 g/mol. The van der Waals surface area contributed by atoms with Crippen molar-refractivity contribution in [2.24, 2.45) is 0 Å². The molecule has 0 bridgehead atoms. The van der Waals surface area contributed by atoms with E-state index in [9.17, 15) is 4.79 Å². The third-order valence-corrected chi connectivity index (χ3v) is 5.78. The molecule has 27 heavy (non-hydrogen) atoms. The minimum atomic E-state index is -0.176. The molecule has 0 fully saturated rings. The summed E-state index contributed by atoms with van der Waals surface area (Å²) in [5.41, 5.74) is 2.97. The smallest absolute Gasteiger partial charge is 0.230 e. The minimum absolute atomic E-state index is 0.0270. The summed E-state index contributed by atoms with van der Waals surface area (Å²) >= 11 is 13.9. The number of hydrogen-bond acceptors (Lipinski definition) is 2. The molecule has 3 aromatic carbocycles. The number of carbonyl (C=O) groups is 1. The van der Waals surface area contributed by atoms with Gasteiger partial charge in [-0.25, -0.2) is 0 Å². The highest BCUT2D eigenvalue weighted by molar-refractivity contribution is 7.99. The molecule has 3 aromatic rings. The number of benzene rings is 3. The normalized spacial score (nSPS) is 10.8. The van der Waals surface area contributed by atoms with E-state index in [0.717, 1.165) is 16.7 Å². The Morgan fingerprint density at radius 2 is 1.33 bits per heavy atom. The van der Waals surface area contributed by atoms with Gasteiger partial charge in [-0.05, 0) is 28.8 Å². The fraction of sp³-hybridized carbons (Fsp3) is 0.136. The quantitative estimate of drug-likeness (QED) is 0.502. The van der Waals surface area contributed by atoms with Gasteiger partial charge in [0.1, 0.15) is 0 Å². The van der Waals surface area contributed by atoms with E-state index >= 15 is 0 Å². The fourth-order valence-corrected chi connectivity index (χ4v) is 4.34. The second kappa shape index (κ2) is 9.84. The molecule has 1 amide bonds. The summed E-state index contributed by atoms with van der Waals surface area (Å²) < 4.78 is 0. The first-order valence-electron chi connectivity index (χ1n) is 8.55. The van der Waals surface area contributed by atoms with E-state index in [1.807, 2.05) is 78.9 Å². The standard InChI is InChI=1S/C22H19Cl2NOS/c23-19-12-7-13-20(24)18(19)14-27-15-21(26)25-22(16-8-3-1-4-9-16)17-10-5-2-6-11-17/h1-13,22H,14-15H2,(H,25,26). The summed E-state index contributed by atoms with van der Waals surface area (Å²) in [6, 6.07) is 25.2. The van der Waals surface area contributed by atoms with Crippen molar-refractivity contribution in [2.75, 3.05) is 5.75 Å². The molecular weight excluding hydrogens is 397 g/mol. The molecule has 3 rings (SSSR count). The van der Waals surface area contributed by atoms with E-state index in [0.29, 0.717) is 21.6 Å². The third kappa shape index (κ3) is 5.52. The van der Waals surface area contributed by atoms with Crippen molar-refractivity contribution >= 4 is 40.9 Å². The second-order valence-electron chi connectivity index (χ2n) is 6.01. The van der Waals surface area contributed by atoms with Crippen LogP contribution in [-0.4, -0.2) is 11.7 Å². The van der Waals surface area contributed by atoms with Crippen LogP contribution in [0.2, 0.25) is 10.0 Å². The zero-order valence-electron chi connectivity index (χ0n) is 14.6. The van der Waals surface area contributed by atoms with Gasteiger partial charge in [-0.3, -0.25) is 4.79 Å². The van der Waals surface area contributed by atoms with Crippen molar-refractivity contribution in [1.82, 2.24) is 5.32 Å². The lowest BCUT2D eigenvalue weighted by Crippen LogP contribution is -2.30. The third-order valence-electron chi connectivity index (χ3n) is 4.11. The van der Waals surface area contributed by atoms with E-state index in [1.54, 1.807) is 0 Å². The number of carbonyl (C=O) groups excluding carboxylic acids is 1. The number of halogens is 2. The zero-order valence-corrected chi connectivity index (χ0v) is 16.9. The summed E-state index contributed by atoms with van der Waals surface area (Å²) in [4.78, 5) is 12.6. The van der Waals surface area contributed by atoms with Gasteiger partial charge in [0.15, 0.2) is 0 Å². The van der Waals surface area contributed by atoms with Gasteiger partial charge in [-0.15, -0.1) is 11.8 Å². The van der Waals surface area contributed by atoms with E-state index in [1.165, 1.54) is 11.8 Å². The molecule has 0 aromatic heterocycles. The van der Waals surface area contributed by atoms with Crippen LogP contribution in [0, 0.1) is 0 Å². The molecule has 1 N–H and O–H groups in total. The van der Waals surface area contributed by atoms with E-state index in [-0.39, 0.29) is 11.9 Å². The lowest BCUT2D eigenvalue weighted by Gasteiger charge is -2.20. The summed E-state index contributed by atoms with van der Waals surface area (Å²) in [7, 11) is 0. The van der Waals surface area contributed by atoms with Crippen molar-refractivity contribution in [2.45, 2.75) is 11.8 Å². The molecule has 0 spiro atoms. The van der Waals surface area contributed by atoms with Gasteiger partial charge < -0.3 is 5.32 Å². The molecule has 0 saturated carbocycles. The van der Waals surface area contributed by atoms with Gasteiger partial charge in [0.2, 0.25) is 5.91 Å². The molecular formula is C22H19Cl2NOS. The maximum atomic E-state index is 12.6. The van der Waals surface area contributed by atoms with Gasteiger partial charge in [-0.2, -0.15) is 0 Å². The van der Waals surface area contributed by atoms with Crippen molar-refractivity contribution in [3.63, 3.8) is 0 Å². The highest BCUT2D eigenvalue weighted by Crippen LogP contribution is 2.28. The topological polar surface area (TPSA) is 29.1 Å². The number of amides is 1. The van der Waals surface area contributed by atoms with Crippen LogP contribution >= 0.6 is 35.0 Å². The Kier molecular flexibility index (Phi) is 7.22. The molecule has 0 unspecified atom stereocenters. The van der Waals surface area contributed by atoms with Crippen LogP contribution in [0.15, 0.2) is 78.9 Å². The fourth-order valence-electron chi connectivity index (χ4n) is 2.77. The zero-order chi connectivity index (χ0) is 19.1. The van der Waals surface area contributed by atoms with Crippen LogP contribution in [0.25, 0.3) is 0 Å². The second-order valence-corrected chi connectivity index (χ2v) is 7.81. The minimum Gasteiger partial charge on any atom is -0.344 e. The lowest BCUT2D eigenvalue weighted by atomic mass is 9.99. The summed E-state index contributed by atoms with van der Waals surface area (Å²) in [6.07, 6.45) is 0. The number of nitrogens with one attached hydrogen (secondary N) is 1. The predicted molar refractivity (Wildman–Crippen MR) is 115 cm³/mol. The van der Waals surface area contributed by atoms with Gasteiger partial charge in [0.05, 0.1) is 11.8 Å². The summed E-state index contributed by atoms with van der Waals surface area (Å²) in [5.74, 6) is 0.895. The first kappa shape index (κ1) is 19.8. The first-order valence-corrected chi connectivity index (χ1v) is 10.5. The lowest BCUT2D eigenvalue weighted by molar-refractivity contribution is -0.119. The SMILES string of the molecule is O=C(CSCc1c(Cl)cccc1Cl)NC(c1ccccc1)c1ccccc1. The van der Waals surface area contributed by atoms with E-state index in [2.05, 4.69) is 5.32 Å². The van der Waals surface area contributed by atoms with Gasteiger partial charge >= 0.3 is 0 Å². The van der Waals surface area contributed by atoms with Crippen molar-refractivity contribution < 1.29 is 4.79 Å². The summed E-state index contributed by atoms with van der Waals surface area (Å²) in [5, 5.41) is 4.39. The Hall–Kier alpha value is -1.94. The average Bonchev–Trinajstić information content (AvgIpc) is 2.70. The Balaban J connectivity index is 1.65. The van der Waals surface area contributed by atoms with Crippen LogP contribution < -0.4 is 5.32 Å². The first-order chi connectivity index (χ1) is 13.1. The highest BCUT2D eigenvalue weighted by Gasteiger charge is 2.16. The molecule has 0 saturated heterocycles. The van der Waals surface area contributed by atoms with Crippen LogP contribution in [0.1, 0.15) is 22.7 Å². The molecule has 5 heteroatoms. The van der Waals surface area contributed by atoms with Crippen molar-refractivity contribution in [1.29, 1.82) is 0 Å². The predicted octanol–water partition coefficient (Wildman–Crippen LogP) is 6.13. The maximum absolute atomic E-state index is 12.6. The molecule has 138 valence electrons. The van der Waals surface area contributed by atoms with Gasteiger partial charge in [0.25, 0.3) is 0 Å². The summed E-state index contributed by atoms with van der Waals surface area (Å²) in [6.45, 7) is 0. The van der Waals surface area contributed by atoms with Crippen LogP contribution in [0.5, 0.6) is 0 Å². The Morgan fingerprint density at radius 3 is 1.85 bits per heavy atom. The van der Waals surface area contributed by atoms with Crippen molar-refractivity contribution in [3.05, 3.63) is 106 Å². The highest BCUT2D eigenvalue weighted by atomic mass is 35.5. The molecule has 0 heterocycles. The van der Waals surface area contributed by atoms with E-state index in [4.69, 9.17) is 23.2 Å². The molecule has 0 aliphatic heterocycles. The Bertz CT molecular complexity index is 828. The maximum Gasteiger partial charge on any atom is 0.230 e. The number of rotatable bonds is 7. The van der Waals surface area contributed by atoms with Crippen LogP contribution in [-0.2, 0) is 10.5 Å². The van der Waals surface area contributed by atoms with Gasteiger partial charge in [-0.1, -0.05) is 89.9 Å². The monoisotopic (exact) mass is 415 g/mol. The molecule has 0 radical (unpaired) electrons. The largest absolute Gasteiger partial charge is 0.344 e. The van der Waals surface area contributed by atoms with Crippen molar-refractivity contribution in [3.8, 4) is 0 Å². The molecule has 0 atom stereocenters. The molecule has 0 aliphatic carbocycles.